The van der Waals surface area contributed by atoms with Gasteiger partial charge in [-0.1, -0.05) is 6.92 Å². The van der Waals surface area contributed by atoms with Gasteiger partial charge in [0.2, 0.25) is 0 Å². The zero-order valence-electron chi connectivity index (χ0n) is 9.05. The van der Waals surface area contributed by atoms with Crippen molar-refractivity contribution < 1.29 is 13.5 Å². The van der Waals surface area contributed by atoms with Gasteiger partial charge in [-0.05, 0) is 18.6 Å². The Labute approximate surface area is 94.1 Å². The Balaban J connectivity index is 1.99. The van der Waals surface area contributed by atoms with Gasteiger partial charge in [0, 0.05) is 17.8 Å². The molecule has 1 fully saturated rings. The highest BCUT2D eigenvalue weighted by molar-refractivity contribution is 7.99. The predicted octanol–water partition coefficient (Wildman–Crippen LogP) is 2.14. The standard InChI is InChI=1S/C10H19F2NOS/c1-8-9(3-2-6-15-8)13-4-5-14-7-10(11)12/h8-10,13H,2-7H2,1H3. The highest BCUT2D eigenvalue weighted by Crippen LogP contribution is 2.24. The molecule has 1 aliphatic rings. The van der Waals surface area contributed by atoms with E-state index in [2.05, 4.69) is 12.2 Å². The zero-order chi connectivity index (χ0) is 11.1. The number of nitrogens with one attached hydrogen (secondary N) is 1. The third-order valence-electron chi connectivity index (χ3n) is 2.50. The SMILES string of the molecule is CC1SCCCC1NCCOCC(F)F. The Morgan fingerprint density at radius 1 is 1.53 bits per heavy atom. The highest BCUT2D eigenvalue weighted by Gasteiger charge is 2.20. The smallest absolute Gasteiger partial charge is 0.261 e. The van der Waals surface area contributed by atoms with Gasteiger partial charge in [0.05, 0.1) is 6.61 Å². The molecule has 0 aromatic carbocycles. The average Bonchev–Trinajstić information content (AvgIpc) is 2.20. The van der Waals surface area contributed by atoms with Crippen LogP contribution in [0.2, 0.25) is 0 Å². The first-order chi connectivity index (χ1) is 7.20. The number of hydrogen-bond acceptors (Lipinski definition) is 3. The molecule has 1 heterocycles. The molecule has 2 unspecified atom stereocenters. The van der Waals surface area contributed by atoms with Gasteiger partial charge in [0.15, 0.2) is 0 Å². The van der Waals surface area contributed by atoms with E-state index in [0.717, 1.165) is 0 Å². The van der Waals surface area contributed by atoms with Crippen LogP contribution in [-0.2, 0) is 4.74 Å². The molecule has 2 atom stereocenters. The topological polar surface area (TPSA) is 21.3 Å². The Morgan fingerprint density at radius 2 is 2.33 bits per heavy atom. The number of alkyl halides is 2. The summed E-state index contributed by atoms with van der Waals surface area (Å²) in [6.45, 7) is 2.80. The van der Waals surface area contributed by atoms with Crippen molar-refractivity contribution in [2.75, 3.05) is 25.5 Å². The maximum Gasteiger partial charge on any atom is 0.261 e. The Morgan fingerprint density at radius 3 is 3.00 bits per heavy atom. The van der Waals surface area contributed by atoms with E-state index in [9.17, 15) is 8.78 Å². The lowest BCUT2D eigenvalue weighted by Crippen LogP contribution is -2.40. The average molecular weight is 239 g/mol. The third kappa shape index (κ3) is 5.68. The summed E-state index contributed by atoms with van der Waals surface area (Å²) in [7, 11) is 0. The third-order valence-corrected chi connectivity index (χ3v) is 3.88. The fourth-order valence-electron chi connectivity index (χ4n) is 1.68. The van der Waals surface area contributed by atoms with Crippen LogP contribution in [0.3, 0.4) is 0 Å². The molecular weight excluding hydrogens is 220 g/mol. The van der Waals surface area contributed by atoms with Crippen molar-refractivity contribution in [3.05, 3.63) is 0 Å². The van der Waals surface area contributed by atoms with E-state index in [1.54, 1.807) is 0 Å². The summed E-state index contributed by atoms with van der Waals surface area (Å²) in [4.78, 5) is 0. The summed E-state index contributed by atoms with van der Waals surface area (Å²) in [6.07, 6.45) is 0.0716. The minimum absolute atomic E-state index is 0.373. The largest absolute Gasteiger partial charge is 0.374 e. The number of halogens is 2. The maximum atomic E-state index is 11.7. The van der Waals surface area contributed by atoms with Crippen molar-refractivity contribution in [1.82, 2.24) is 5.32 Å². The first kappa shape index (κ1) is 13.2. The van der Waals surface area contributed by atoms with E-state index in [-0.39, 0.29) is 0 Å². The lowest BCUT2D eigenvalue weighted by atomic mass is 10.1. The molecule has 0 spiro atoms. The molecule has 15 heavy (non-hydrogen) atoms. The molecular formula is C10H19F2NOS. The lowest BCUT2D eigenvalue weighted by molar-refractivity contribution is 0.0181. The van der Waals surface area contributed by atoms with Crippen LogP contribution in [0.15, 0.2) is 0 Å². The minimum Gasteiger partial charge on any atom is -0.374 e. The molecule has 1 aliphatic heterocycles. The first-order valence-corrected chi connectivity index (χ1v) is 6.46. The summed E-state index contributed by atoms with van der Waals surface area (Å²) < 4.78 is 28.3. The normalized spacial score (nSPS) is 27.2. The van der Waals surface area contributed by atoms with Crippen molar-refractivity contribution in [2.24, 2.45) is 0 Å². The van der Waals surface area contributed by atoms with Crippen LogP contribution in [0.1, 0.15) is 19.8 Å². The van der Waals surface area contributed by atoms with Crippen LogP contribution in [0, 0.1) is 0 Å². The van der Waals surface area contributed by atoms with Crippen LogP contribution in [0.5, 0.6) is 0 Å². The molecule has 5 heteroatoms. The number of hydrogen-bond donors (Lipinski definition) is 1. The monoisotopic (exact) mass is 239 g/mol. The lowest BCUT2D eigenvalue weighted by Gasteiger charge is -2.29. The van der Waals surface area contributed by atoms with E-state index in [1.165, 1.54) is 18.6 Å². The van der Waals surface area contributed by atoms with Crippen LogP contribution in [0.25, 0.3) is 0 Å². The summed E-state index contributed by atoms with van der Waals surface area (Å²) in [6, 6.07) is 0.513. The molecule has 1 rings (SSSR count). The Kier molecular flexibility index (Phi) is 6.52. The van der Waals surface area contributed by atoms with E-state index >= 15 is 0 Å². The van der Waals surface area contributed by atoms with E-state index in [1.807, 2.05) is 11.8 Å². The van der Waals surface area contributed by atoms with E-state index in [4.69, 9.17) is 4.74 Å². The fraction of sp³-hybridized carbons (Fsp3) is 1.00. The number of ether oxygens (including phenoxy) is 1. The molecule has 0 aliphatic carbocycles. The summed E-state index contributed by atoms with van der Waals surface area (Å²) >= 11 is 1.97. The highest BCUT2D eigenvalue weighted by atomic mass is 32.2. The van der Waals surface area contributed by atoms with Gasteiger partial charge in [-0.3, -0.25) is 0 Å². The molecule has 0 aromatic rings. The fourth-order valence-corrected chi connectivity index (χ4v) is 2.85. The van der Waals surface area contributed by atoms with Crippen molar-refractivity contribution in [1.29, 1.82) is 0 Å². The van der Waals surface area contributed by atoms with Gasteiger partial charge in [-0.15, -0.1) is 0 Å². The van der Waals surface area contributed by atoms with Crippen molar-refractivity contribution in [3.8, 4) is 0 Å². The second-order valence-electron chi connectivity index (χ2n) is 3.74. The van der Waals surface area contributed by atoms with Crippen LogP contribution >= 0.6 is 11.8 Å². The van der Waals surface area contributed by atoms with Gasteiger partial charge < -0.3 is 10.1 Å². The Hall–Kier alpha value is 0.130. The molecule has 0 radical (unpaired) electrons. The minimum atomic E-state index is -2.35. The van der Waals surface area contributed by atoms with E-state index < -0.39 is 13.0 Å². The molecule has 0 saturated carbocycles. The van der Waals surface area contributed by atoms with Crippen LogP contribution < -0.4 is 5.32 Å². The number of rotatable bonds is 6. The predicted molar refractivity (Wildman–Crippen MR) is 59.8 cm³/mol. The molecule has 1 N–H and O–H groups in total. The van der Waals surface area contributed by atoms with Gasteiger partial charge in [0.25, 0.3) is 6.43 Å². The second kappa shape index (κ2) is 7.41. The van der Waals surface area contributed by atoms with Gasteiger partial charge in [0.1, 0.15) is 6.61 Å². The maximum absolute atomic E-state index is 11.7. The van der Waals surface area contributed by atoms with Gasteiger partial charge in [-0.25, -0.2) is 8.78 Å². The molecule has 0 amide bonds. The van der Waals surface area contributed by atoms with Crippen molar-refractivity contribution in [3.63, 3.8) is 0 Å². The number of thioether (sulfide) groups is 1. The van der Waals surface area contributed by atoms with Crippen molar-refractivity contribution >= 4 is 11.8 Å². The second-order valence-corrected chi connectivity index (χ2v) is 5.23. The molecule has 1 saturated heterocycles. The van der Waals surface area contributed by atoms with E-state index in [0.29, 0.717) is 24.4 Å². The summed E-state index contributed by atoms with van der Waals surface area (Å²) in [5.41, 5.74) is 0. The van der Waals surface area contributed by atoms with Crippen LogP contribution in [-0.4, -0.2) is 43.2 Å². The molecule has 90 valence electrons. The van der Waals surface area contributed by atoms with Gasteiger partial charge in [-0.2, -0.15) is 11.8 Å². The molecule has 0 bridgehead atoms. The molecule has 2 nitrogen and oxygen atoms in total. The molecule has 0 aromatic heterocycles. The summed E-state index contributed by atoms with van der Waals surface area (Å²) in [5, 5.41) is 3.97. The quantitative estimate of drug-likeness (QED) is 0.718. The first-order valence-electron chi connectivity index (χ1n) is 5.41. The van der Waals surface area contributed by atoms with Crippen LogP contribution in [0.4, 0.5) is 8.78 Å². The van der Waals surface area contributed by atoms with Gasteiger partial charge >= 0.3 is 0 Å². The summed E-state index contributed by atoms with van der Waals surface area (Å²) in [5.74, 6) is 1.24. The van der Waals surface area contributed by atoms with Crippen molar-refractivity contribution in [2.45, 2.75) is 37.5 Å². The zero-order valence-corrected chi connectivity index (χ0v) is 9.86. The Bertz CT molecular complexity index is 172.